The number of amides is 2. The van der Waals surface area contributed by atoms with Crippen molar-refractivity contribution in [1.29, 1.82) is 0 Å². The van der Waals surface area contributed by atoms with Gasteiger partial charge >= 0.3 is 12.1 Å². The maximum absolute atomic E-state index is 13.1. The Morgan fingerprint density at radius 2 is 1.73 bits per heavy atom. The van der Waals surface area contributed by atoms with Gasteiger partial charge in [0, 0.05) is 6.92 Å². The number of para-hydroxylation sites is 1. The van der Waals surface area contributed by atoms with Crippen molar-refractivity contribution >= 4 is 41.1 Å². The minimum absolute atomic E-state index is 0.241. The predicted octanol–water partition coefficient (Wildman–Crippen LogP) is 4.02. The average molecular weight is 441 g/mol. The molecule has 2 rings (SSSR count). The lowest BCUT2D eigenvalue weighted by Crippen LogP contribution is -2.29. The van der Waals surface area contributed by atoms with Gasteiger partial charge in [0.1, 0.15) is 5.70 Å². The largest absolute Gasteiger partial charge is 0.451 e. The number of esters is 1. The molecule has 2 aromatic rings. The highest BCUT2D eigenvalue weighted by atomic mass is 35.5. The van der Waals surface area contributed by atoms with Crippen LogP contribution in [0.5, 0.6) is 0 Å². The molecule has 0 heterocycles. The summed E-state index contributed by atoms with van der Waals surface area (Å²) in [5.41, 5.74) is -1.45. The number of carbonyl (C=O) groups is 3. The van der Waals surface area contributed by atoms with E-state index in [1.165, 1.54) is 19.1 Å². The van der Waals surface area contributed by atoms with E-state index in [1.807, 2.05) is 5.32 Å². The molecule has 2 N–H and O–H groups in total. The number of hydrogen-bond donors (Lipinski definition) is 2. The van der Waals surface area contributed by atoms with Crippen molar-refractivity contribution in [2.75, 3.05) is 11.9 Å². The third-order valence-corrected chi connectivity index (χ3v) is 3.87. The Morgan fingerprint density at radius 3 is 2.33 bits per heavy atom. The molecule has 10 heteroatoms. The molecule has 0 radical (unpaired) electrons. The monoisotopic (exact) mass is 440 g/mol. The fourth-order valence-corrected chi connectivity index (χ4v) is 2.55. The number of carbonyl (C=O) groups excluding carboxylic acids is 3. The molecule has 0 saturated carbocycles. The first-order valence-electron chi connectivity index (χ1n) is 8.45. The van der Waals surface area contributed by atoms with Crippen LogP contribution in [0.15, 0.2) is 54.2 Å². The van der Waals surface area contributed by atoms with E-state index in [0.29, 0.717) is 5.56 Å². The molecule has 0 aliphatic carbocycles. The van der Waals surface area contributed by atoms with Crippen LogP contribution in [0, 0.1) is 0 Å². The molecule has 0 unspecified atom stereocenters. The smallest absolute Gasteiger partial charge is 0.418 e. The standard InChI is InChI=1S/C20H16ClF3N2O4/c1-12(27)25-16(10-13-6-3-2-4-7-13)19(29)30-11-17(28)26-18-14(20(22,23)24)8-5-9-15(18)21/h2-10H,11H2,1H3,(H,25,27)(H,26,28)/b16-10-. The third kappa shape index (κ3) is 6.63. The molecule has 0 bridgehead atoms. The number of rotatable bonds is 6. The van der Waals surface area contributed by atoms with Crippen molar-refractivity contribution in [1.82, 2.24) is 5.32 Å². The Morgan fingerprint density at radius 1 is 1.07 bits per heavy atom. The van der Waals surface area contributed by atoms with Gasteiger partial charge in [-0.05, 0) is 23.8 Å². The van der Waals surface area contributed by atoms with Crippen LogP contribution in [-0.2, 0) is 25.3 Å². The molecule has 2 aromatic carbocycles. The fourth-order valence-electron chi connectivity index (χ4n) is 2.32. The van der Waals surface area contributed by atoms with Gasteiger partial charge in [-0.15, -0.1) is 0 Å². The third-order valence-electron chi connectivity index (χ3n) is 3.56. The Kier molecular flexibility index (Phi) is 7.60. The minimum atomic E-state index is -4.75. The Bertz CT molecular complexity index is 976. The topological polar surface area (TPSA) is 84.5 Å². The Hall–Kier alpha value is -3.33. The summed E-state index contributed by atoms with van der Waals surface area (Å²) in [5, 5.41) is 3.95. The van der Waals surface area contributed by atoms with Crippen LogP contribution in [0.2, 0.25) is 5.02 Å². The zero-order chi connectivity index (χ0) is 22.3. The van der Waals surface area contributed by atoms with Crippen molar-refractivity contribution in [3.05, 3.63) is 70.4 Å². The highest BCUT2D eigenvalue weighted by molar-refractivity contribution is 6.34. The van der Waals surface area contributed by atoms with E-state index in [2.05, 4.69) is 5.32 Å². The van der Waals surface area contributed by atoms with Crippen LogP contribution < -0.4 is 10.6 Å². The molecule has 30 heavy (non-hydrogen) atoms. The van der Waals surface area contributed by atoms with Gasteiger partial charge in [-0.3, -0.25) is 9.59 Å². The molecule has 6 nitrogen and oxygen atoms in total. The predicted molar refractivity (Wildman–Crippen MR) is 104 cm³/mol. The van der Waals surface area contributed by atoms with Gasteiger partial charge in [0.05, 0.1) is 16.3 Å². The zero-order valence-corrected chi connectivity index (χ0v) is 16.3. The number of nitrogens with one attached hydrogen (secondary N) is 2. The summed E-state index contributed by atoms with van der Waals surface area (Å²) in [6.45, 7) is 0.280. The maximum atomic E-state index is 13.1. The van der Waals surface area contributed by atoms with Crippen molar-refractivity contribution < 1.29 is 32.3 Å². The van der Waals surface area contributed by atoms with Gasteiger partial charge in [0.2, 0.25) is 5.91 Å². The summed E-state index contributed by atoms with van der Waals surface area (Å²) in [5.74, 6) is -2.63. The number of ether oxygens (including phenoxy) is 1. The van der Waals surface area contributed by atoms with E-state index < -0.39 is 41.8 Å². The van der Waals surface area contributed by atoms with Gasteiger partial charge in [-0.25, -0.2) is 4.79 Å². The van der Waals surface area contributed by atoms with E-state index in [-0.39, 0.29) is 10.7 Å². The molecular formula is C20H16ClF3N2O4. The van der Waals surface area contributed by atoms with Crippen molar-refractivity contribution in [3.8, 4) is 0 Å². The molecule has 0 saturated heterocycles. The lowest BCUT2D eigenvalue weighted by Gasteiger charge is -2.15. The summed E-state index contributed by atoms with van der Waals surface area (Å²) in [7, 11) is 0. The lowest BCUT2D eigenvalue weighted by atomic mass is 10.1. The van der Waals surface area contributed by atoms with E-state index in [1.54, 1.807) is 30.3 Å². The summed E-state index contributed by atoms with van der Waals surface area (Å²) < 4.78 is 44.1. The number of anilines is 1. The second-order valence-electron chi connectivity index (χ2n) is 5.93. The highest BCUT2D eigenvalue weighted by Crippen LogP contribution is 2.38. The van der Waals surface area contributed by atoms with Crippen molar-refractivity contribution in [2.24, 2.45) is 0 Å². The molecule has 0 aliphatic rings. The summed E-state index contributed by atoms with van der Waals surface area (Å²) >= 11 is 5.76. The van der Waals surface area contributed by atoms with Gasteiger partial charge in [0.15, 0.2) is 6.61 Å². The second kappa shape index (κ2) is 9.93. The first-order chi connectivity index (χ1) is 14.1. The van der Waals surface area contributed by atoms with Gasteiger partial charge in [-0.1, -0.05) is 48.0 Å². The molecule has 0 atom stereocenters. The van der Waals surface area contributed by atoms with Crippen LogP contribution in [0.25, 0.3) is 6.08 Å². The number of alkyl halides is 3. The molecular weight excluding hydrogens is 425 g/mol. The first-order valence-corrected chi connectivity index (χ1v) is 8.82. The van der Waals surface area contributed by atoms with E-state index >= 15 is 0 Å². The fraction of sp³-hybridized carbons (Fsp3) is 0.150. The normalized spacial score (nSPS) is 11.6. The molecule has 0 aliphatic heterocycles. The average Bonchev–Trinajstić information content (AvgIpc) is 2.66. The first kappa shape index (κ1) is 23.0. The Labute approximate surface area is 174 Å². The van der Waals surface area contributed by atoms with E-state index in [9.17, 15) is 27.6 Å². The quantitative estimate of drug-likeness (QED) is 0.525. The van der Waals surface area contributed by atoms with Gasteiger partial charge in [-0.2, -0.15) is 13.2 Å². The van der Waals surface area contributed by atoms with Crippen LogP contribution in [0.3, 0.4) is 0 Å². The summed E-state index contributed by atoms with van der Waals surface area (Å²) in [6.07, 6.45) is -3.42. The van der Waals surface area contributed by atoms with E-state index in [0.717, 1.165) is 12.1 Å². The van der Waals surface area contributed by atoms with Gasteiger partial charge < -0.3 is 15.4 Å². The van der Waals surface area contributed by atoms with Crippen LogP contribution in [0.4, 0.5) is 18.9 Å². The number of benzene rings is 2. The molecule has 158 valence electrons. The zero-order valence-electron chi connectivity index (χ0n) is 15.5. The summed E-state index contributed by atoms with van der Waals surface area (Å²) in [6, 6.07) is 11.5. The second-order valence-corrected chi connectivity index (χ2v) is 6.34. The minimum Gasteiger partial charge on any atom is -0.451 e. The SMILES string of the molecule is CC(=O)N/C(=C\c1ccccc1)C(=O)OCC(=O)Nc1c(Cl)cccc1C(F)(F)F. The molecule has 0 fully saturated rings. The molecule has 2 amide bonds. The number of halogens is 4. The lowest BCUT2D eigenvalue weighted by molar-refractivity contribution is -0.144. The Balaban J connectivity index is 2.10. The van der Waals surface area contributed by atoms with Crippen LogP contribution in [0.1, 0.15) is 18.1 Å². The van der Waals surface area contributed by atoms with Crippen molar-refractivity contribution in [3.63, 3.8) is 0 Å². The van der Waals surface area contributed by atoms with Crippen LogP contribution in [-0.4, -0.2) is 24.4 Å². The highest BCUT2D eigenvalue weighted by Gasteiger charge is 2.34. The van der Waals surface area contributed by atoms with E-state index in [4.69, 9.17) is 16.3 Å². The molecule has 0 aromatic heterocycles. The van der Waals surface area contributed by atoms with Crippen LogP contribution >= 0.6 is 11.6 Å². The van der Waals surface area contributed by atoms with Crippen molar-refractivity contribution in [2.45, 2.75) is 13.1 Å². The maximum Gasteiger partial charge on any atom is 0.418 e. The number of hydrogen-bond acceptors (Lipinski definition) is 4. The molecule has 0 spiro atoms. The summed E-state index contributed by atoms with van der Waals surface area (Å²) in [4.78, 5) is 35.6. The van der Waals surface area contributed by atoms with Gasteiger partial charge in [0.25, 0.3) is 5.91 Å².